The third kappa shape index (κ3) is 4.70. The van der Waals surface area contributed by atoms with Gasteiger partial charge in [0.25, 0.3) is 5.91 Å². The number of carbonyl (C=O) groups excluding carboxylic acids is 2. The zero-order valence-corrected chi connectivity index (χ0v) is 15.1. The normalized spacial score (nSPS) is 10.2. The summed E-state index contributed by atoms with van der Waals surface area (Å²) in [6.07, 6.45) is 2.93. The third-order valence-electron chi connectivity index (χ3n) is 3.78. The molecule has 0 bridgehead atoms. The second-order valence-corrected chi connectivity index (χ2v) is 5.82. The molecule has 6 nitrogen and oxygen atoms in total. The van der Waals surface area contributed by atoms with Gasteiger partial charge in [-0.3, -0.25) is 9.78 Å². The van der Waals surface area contributed by atoms with Gasteiger partial charge in [0.15, 0.2) is 0 Å². The van der Waals surface area contributed by atoms with Crippen molar-refractivity contribution in [2.75, 3.05) is 17.2 Å². The highest BCUT2D eigenvalue weighted by Gasteiger charge is 2.13. The number of nitrogens with zero attached hydrogens (tertiary/aromatic N) is 1. The van der Waals surface area contributed by atoms with E-state index in [2.05, 4.69) is 15.6 Å². The van der Waals surface area contributed by atoms with E-state index in [0.29, 0.717) is 22.6 Å². The van der Waals surface area contributed by atoms with E-state index in [1.807, 2.05) is 0 Å². The van der Waals surface area contributed by atoms with Crippen LogP contribution in [0.25, 0.3) is 0 Å². The predicted molar refractivity (Wildman–Crippen MR) is 104 cm³/mol. The Hall–Kier alpha value is -3.74. The number of hydrogen-bond acceptors (Lipinski definition) is 5. The first-order chi connectivity index (χ1) is 13.6. The molecule has 0 radical (unpaired) electrons. The van der Waals surface area contributed by atoms with Gasteiger partial charge in [-0.25, -0.2) is 9.18 Å². The van der Waals surface area contributed by atoms with Gasteiger partial charge in [0.1, 0.15) is 5.82 Å². The van der Waals surface area contributed by atoms with Crippen LogP contribution in [0.5, 0.6) is 0 Å². The highest BCUT2D eigenvalue weighted by molar-refractivity contribution is 6.04. The number of pyridine rings is 1. The van der Waals surface area contributed by atoms with Crippen LogP contribution in [0.4, 0.5) is 21.5 Å². The van der Waals surface area contributed by atoms with Crippen molar-refractivity contribution >= 4 is 28.9 Å². The number of para-hydroxylation sites is 1. The fourth-order valence-electron chi connectivity index (χ4n) is 2.54. The molecule has 7 heteroatoms. The third-order valence-corrected chi connectivity index (χ3v) is 3.78. The van der Waals surface area contributed by atoms with Crippen LogP contribution in [-0.4, -0.2) is 23.5 Å². The number of benzene rings is 2. The second-order valence-electron chi connectivity index (χ2n) is 5.82. The van der Waals surface area contributed by atoms with E-state index in [-0.39, 0.29) is 12.2 Å². The number of anilines is 3. The molecule has 2 N–H and O–H groups in total. The summed E-state index contributed by atoms with van der Waals surface area (Å²) in [7, 11) is 0. The fourth-order valence-corrected chi connectivity index (χ4v) is 2.54. The molecule has 0 saturated heterocycles. The predicted octanol–water partition coefficient (Wildman–Crippen LogP) is 4.39. The average Bonchev–Trinajstić information content (AvgIpc) is 2.69. The van der Waals surface area contributed by atoms with Gasteiger partial charge in [0.05, 0.1) is 35.3 Å². The average molecular weight is 379 g/mol. The fraction of sp³-hybridized carbons (Fsp3) is 0.0952. The number of ether oxygens (including phenoxy) is 1. The largest absolute Gasteiger partial charge is 0.462 e. The second kappa shape index (κ2) is 8.77. The van der Waals surface area contributed by atoms with Crippen molar-refractivity contribution < 1.29 is 18.7 Å². The Morgan fingerprint density at radius 3 is 2.64 bits per heavy atom. The Morgan fingerprint density at radius 1 is 1.04 bits per heavy atom. The number of hydrogen-bond donors (Lipinski definition) is 2. The summed E-state index contributed by atoms with van der Waals surface area (Å²) < 4.78 is 18.3. The summed E-state index contributed by atoms with van der Waals surface area (Å²) in [5, 5.41) is 5.69. The summed E-state index contributed by atoms with van der Waals surface area (Å²) in [5.41, 5.74) is 2.05. The molecule has 0 aliphatic heterocycles. The van der Waals surface area contributed by atoms with Gasteiger partial charge in [0.2, 0.25) is 0 Å². The molecular weight excluding hydrogens is 361 g/mol. The zero-order chi connectivity index (χ0) is 19.9. The Balaban J connectivity index is 1.79. The SMILES string of the molecule is CCOC(=O)c1ccccc1Nc1cncc(C(=O)Nc2cccc(F)c2)c1. The number of carbonyl (C=O) groups is 2. The summed E-state index contributed by atoms with van der Waals surface area (Å²) in [6, 6.07) is 14.1. The summed E-state index contributed by atoms with van der Waals surface area (Å²) in [4.78, 5) is 28.6. The van der Waals surface area contributed by atoms with Gasteiger partial charge >= 0.3 is 5.97 Å². The first-order valence-corrected chi connectivity index (χ1v) is 8.62. The lowest BCUT2D eigenvalue weighted by Crippen LogP contribution is -2.13. The summed E-state index contributed by atoms with van der Waals surface area (Å²) in [6.45, 7) is 2.00. The number of esters is 1. The van der Waals surface area contributed by atoms with E-state index in [0.717, 1.165) is 0 Å². The molecule has 0 spiro atoms. The zero-order valence-electron chi connectivity index (χ0n) is 15.1. The van der Waals surface area contributed by atoms with Crippen LogP contribution in [0.1, 0.15) is 27.6 Å². The molecule has 0 aliphatic carbocycles. The molecule has 3 rings (SSSR count). The van der Waals surface area contributed by atoms with E-state index in [1.54, 1.807) is 43.3 Å². The Labute approximate surface area is 161 Å². The van der Waals surface area contributed by atoms with Crippen molar-refractivity contribution in [3.63, 3.8) is 0 Å². The maximum Gasteiger partial charge on any atom is 0.340 e. The molecule has 2 aromatic carbocycles. The van der Waals surface area contributed by atoms with Crippen molar-refractivity contribution in [2.45, 2.75) is 6.92 Å². The van der Waals surface area contributed by atoms with Crippen LogP contribution < -0.4 is 10.6 Å². The number of aromatic nitrogens is 1. The highest BCUT2D eigenvalue weighted by atomic mass is 19.1. The molecular formula is C21H18FN3O3. The van der Waals surface area contributed by atoms with Crippen molar-refractivity contribution in [1.29, 1.82) is 0 Å². The quantitative estimate of drug-likeness (QED) is 0.621. The van der Waals surface area contributed by atoms with Crippen molar-refractivity contribution in [1.82, 2.24) is 4.98 Å². The van der Waals surface area contributed by atoms with Crippen LogP contribution in [-0.2, 0) is 4.74 Å². The lowest BCUT2D eigenvalue weighted by atomic mass is 10.1. The minimum absolute atomic E-state index is 0.268. The van der Waals surface area contributed by atoms with E-state index >= 15 is 0 Å². The number of halogens is 1. The number of nitrogens with one attached hydrogen (secondary N) is 2. The minimum Gasteiger partial charge on any atom is -0.462 e. The smallest absolute Gasteiger partial charge is 0.340 e. The van der Waals surface area contributed by atoms with Crippen molar-refractivity contribution in [3.8, 4) is 0 Å². The molecule has 0 fully saturated rings. The van der Waals surface area contributed by atoms with Crippen LogP contribution in [0.2, 0.25) is 0 Å². The first-order valence-electron chi connectivity index (χ1n) is 8.62. The molecule has 1 amide bonds. The Bertz CT molecular complexity index is 1010. The standard InChI is InChI=1S/C21H18FN3O3/c1-2-28-21(27)18-8-3-4-9-19(18)24-17-10-14(12-23-13-17)20(26)25-16-7-5-6-15(22)11-16/h3-13,24H,2H2,1H3,(H,25,26). The minimum atomic E-state index is -0.446. The highest BCUT2D eigenvalue weighted by Crippen LogP contribution is 2.22. The van der Waals surface area contributed by atoms with Crippen LogP contribution >= 0.6 is 0 Å². The van der Waals surface area contributed by atoms with Crippen LogP contribution in [0, 0.1) is 5.82 Å². The van der Waals surface area contributed by atoms with E-state index in [1.165, 1.54) is 30.6 Å². The Morgan fingerprint density at radius 2 is 1.86 bits per heavy atom. The van der Waals surface area contributed by atoms with Gasteiger partial charge in [-0.2, -0.15) is 0 Å². The maximum absolute atomic E-state index is 13.3. The molecule has 28 heavy (non-hydrogen) atoms. The van der Waals surface area contributed by atoms with Crippen LogP contribution in [0.15, 0.2) is 67.0 Å². The number of rotatable bonds is 6. The lowest BCUT2D eigenvalue weighted by Gasteiger charge is -2.12. The molecule has 142 valence electrons. The van der Waals surface area contributed by atoms with Gasteiger partial charge in [0, 0.05) is 11.9 Å². The molecule has 1 heterocycles. The van der Waals surface area contributed by atoms with Crippen LogP contribution in [0.3, 0.4) is 0 Å². The molecule has 0 saturated carbocycles. The molecule has 1 aromatic heterocycles. The summed E-state index contributed by atoms with van der Waals surface area (Å²) in [5.74, 6) is -1.32. The molecule has 0 atom stereocenters. The Kier molecular flexibility index (Phi) is 5.96. The molecule has 0 aliphatic rings. The maximum atomic E-state index is 13.3. The first kappa shape index (κ1) is 19.0. The molecule has 0 unspecified atom stereocenters. The van der Waals surface area contributed by atoms with Gasteiger partial charge in [-0.1, -0.05) is 18.2 Å². The topological polar surface area (TPSA) is 80.3 Å². The van der Waals surface area contributed by atoms with Crippen molar-refractivity contribution in [2.24, 2.45) is 0 Å². The monoisotopic (exact) mass is 379 g/mol. The van der Waals surface area contributed by atoms with E-state index in [9.17, 15) is 14.0 Å². The van der Waals surface area contributed by atoms with E-state index < -0.39 is 17.7 Å². The lowest BCUT2D eigenvalue weighted by molar-refractivity contribution is 0.0527. The summed E-state index contributed by atoms with van der Waals surface area (Å²) >= 11 is 0. The van der Waals surface area contributed by atoms with Crippen molar-refractivity contribution in [3.05, 3.63) is 83.9 Å². The van der Waals surface area contributed by atoms with Gasteiger partial charge in [-0.05, 0) is 43.3 Å². The number of amides is 1. The molecule has 3 aromatic rings. The van der Waals surface area contributed by atoms with E-state index in [4.69, 9.17) is 4.74 Å². The van der Waals surface area contributed by atoms with Gasteiger partial charge in [-0.15, -0.1) is 0 Å². The van der Waals surface area contributed by atoms with Gasteiger partial charge < -0.3 is 15.4 Å².